The number of sulfone groups is 1. The van der Waals surface area contributed by atoms with Gasteiger partial charge in [0.15, 0.2) is 5.75 Å². The summed E-state index contributed by atoms with van der Waals surface area (Å²) < 4.78 is 39.0. The summed E-state index contributed by atoms with van der Waals surface area (Å²) in [6.07, 6.45) is 4.21. The number of benzene rings is 2. The highest BCUT2D eigenvalue weighted by Gasteiger charge is 2.22. The van der Waals surface area contributed by atoms with E-state index >= 15 is 0 Å². The number of imidazole rings is 1. The highest BCUT2D eigenvalue weighted by molar-refractivity contribution is 7.91. The molecule has 0 bridgehead atoms. The number of alkyl halides is 1. The van der Waals surface area contributed by atoms with Crippen molar-refractivity contribution in [3.05, 3.63) is 65.2 Å². The van der Waals surface area contributed by atoms with E-state index in [2.05, 4.69) is 4.98 Å². The Bertz CT molecular complexity index is 1130. The zero-order chi connectivity index (χ0) is 24.0. The minimum atomic E-state index is -3.88. The standard InChI is InChI=1S/C22H23Cl3N2O5S/c1-15(10-23)12-32-22-20(24)8-19(9-21(22)25)33(29,30)18-4-2-17(3-5-18)31-13-16(28)11-27-7-6-26-14-27/h2-9,14-16,28H,10-13H2,1H3/t15-,16+/m1/s1. The summed E-state index contributed by atoms with van der Waals surface area (Å²) in [6.45, 7) is 2.58. The second kappa shape index (κ2) is 11.4. The van der Waals surface area contributed by atoms with Gasteiger partial charge in [-0.3, -0.25) is 0 Å². The second-order valence-corrected chi connectivity index (χ2v) is 10.6. The molecule has 0 aliphatic heterocycles. The van der Waals surface area contributed by atoms with Crippen LogP contribution >= 0.6 is 34.8 Å². The van der Waals surface area contributed by atoms with E-state index in [4.69, 9.17) is 44.3 Å². The van der Waals surface area contributed by atoms with Crippen LogP contribution in [-0.4, -0.2) is 48.3 Å². The van der Waals surface area contributed by atoms with Gasteiger partial charge in [-0.1, -0.05) is 30.1 Å². The zero-order valence-electron chi connectivity index (χ0n) is 17.7. The van der Waals surface area contributed by atoms with Gasteiger partial charge >= 0.3 is 0 Å². The molecule has 0 fully saturated rings. The maximum Gasteiger partial charge on any atom is 0.206 e. The molecule has 1 aromatic heterocycles. The number of hydrogen-bond donors (Lipinski definition) is 1. The van der Waals surface area contributed by atoms with E-state index in [1.165, 1.54) is 36.4 Å². The molecule has 0 aliphatic carbocycles. The van der Waals surface area contributed by atoms with Gasteiger partial charge < -0.3 is 19.1 Å². The molecule has 0 radical (unpaired) electrons. The molecular formula is C22H23Cl3N2O5S. The predicted octanol–water partition coefficient (Wildman–Crippen LogP) is 4.72. The van der Waals surface area contributed by atoms with Crippen molar-refractivity contribution in [2.45, 2.75) is 29.4 Å². The van der Waals surface area contributed by atoms with Crippen LogP contribution in [0.1, 0.15) is 6.92 Å². The summed E-state index contributed by atoms with van der Waals surface area (Å²) in [5.74, 6) is 1.12. The van der Waals surface area contributed by atoms with Crippen molar-refractivity contribution in [2.75, 3.05) is 19.1 Å². The first-order valence-electron chi connectivity index (χ1n) is 10.00. The lowest BCUT2D eigenvalue weighted by Gasteiger charge is -2.15. The molecule has 3 aromatic rings. The summed E-state index contributed by atoms with van der Waals surface area (Å²) in [7, 11) is -3.88. The Balaban J connectivity index is 1.68. The number of aliphatic hydroxyl groups excluding tert-OH is 1. The molecule has 0 spiro atoms. The zero-order valence-corrected chi connectivity index (χ0v) is 20.8. The van der Waals surface area contributed by atoms with Crippen LogP contribution in [0.4, 0.5) is 0 Å². The maximum atomic E-state index is 13.1. The van der Waals surface area contributed by atoms with Gasteiger partial charge in [-0.25, -0.2) is 13.4 Å². The Labute approximate surface area is 207 Å². The lowest BCUT2D eigenvalue weighted by Crippen LogP contribution is -2.23. The van der Waals surface area contributed by atoms with Crippen LogP contribution < -0.4 is 9.47 Å². The van der Waals surface area contributed by atoms with Crippen molar-refractivity contribution >= 4 is 44.6 Å². The van der Waals surface area contributed by atoms with E-state index in [-0.39, 0.29) is 38.1 Å². The van der Waals surface area contributed by atoms with Gasteiger partial charge in [0.25, 0.3) is 0 Å². The van der Waals surface area contributed by atoms with Crippen molar-refractivity contribution in [3.63, 3.8) is 0 Å². The van der Waals surface area contributed by atoms with Crippen LogP contribution in [0.25, 0.3) is 0 Å². The molecule has 0 aliphatic rings. The number of aliphatic hydroxyl groups is 1. The summed E-state index contributed by atoms with van der Waals surface area (Å²) in [6, 6.07) is 8.49. The molecule has 1 heterocycles. The van der Waals surface area contributed by atoms with Gasteiger partial charge in [-0.2, -0.15) is 0 Å². The number of halogens is 3. The lowest BCUT2D eigenvalue weighted by molar-refractivity contribution is 0.0924. The molecule has 0 amide bonds. The Morgan fingerprint density at radius 3 is 2.30 bits per heavy atom. The summed E-state index contributed by atoms with van der Waals surface area (Å²) in [5, 5.41) is 10.2. The van der Waals surface area contributed by atoms with Crippen LogP contribution in [0.2, 0.25) is 10.0 Å². The van der Waals surface area contributed by atoms with Gasteiger partial charge in [0.2, 0.25) is 9.84 Å². The number of rotatable bonds is 11. The molecule has 178 valence electrons. The minimum absolute atomic E-state index is 0.0410. The Morgan fingerprint density at radius 2 is 1.73 bits per heavy atom. The molecular weight excluding hydrogens is 511 g/mol. The fourth-order valence-corrected chi connectivity index (χ4v) is 4.96. The number of aromatic nitrogens is 2. The van der Waals surface area contributed by atoms with Gasteiger partial charge in [-0.05, 0) is 36.4 Å². The van der Waals surface area contributed by atoms with Crippen LogP contribution in [0.3, 0.4) is 0 Å². The average molecular weight is 534 g/mol. The molecule has 3 rings (SSSR count). The fourth-order valence-electron chi connectivity index (χ4n) is 2.83. The third-order valence-corrected chi connectivity index (χ3v) is 7.45. The minimum Gasteiger partial charge on any atom is -0.491 e. The Hall–Kier alpha value is -1.97. The van der Waals surface area contributed by atoms with Crippen molar-refractivity contribution in [1.29, 1.82) is 0 Å². The molecule has 7 nitrogen and oxygen atoms in total. The predicted molar refractivity (Wildman–Crippen MR) is 127 cm³/mol. The molecule has 2 atom stereocenters. The normalized spacial score (nSPS) is 13.5. The molecule has 0 saturated heterocycles. The average Bonchev–Trinajstić information content (AvgIpc) is 3.30. The van der Waals surface area contributed by atoms with Crippen molar-refractivity contribution in [2.24, 2.45) is 5.92 Å². The van der Waals surface area contributed by atoms with Crippen molar-refractivity contribution < 1.29 is 23.0 Å². The van der Waals surface area contributed by atoms with Gasteiger partial charge in [0, 0.05) is 24.2 Å². The maximum absolute atomic E-state index is 13.1. The third-order valence-electron chi connectivity index (χ3n) is 4.61. The first-order chi connectivity index (χ1) is 15.7. The van der Waals surface area contributed by atoms with Crippen molar-refractivity contribution in [1.82, 2.24) is 9.55 Å². The molecule has 0 unspecified atom stereocenters. The lowest BCUT2D eigenvalue weighted by atomic mass is 10.2. The third kappa shape index (κ3) is 6.77. The SMILES string of the molecule is C[C@H](CCl)COc1c(Cl)cc(S(=O)(=O)c2ccc(OC[C@@H](O)Cn3ccnc3)cc2)cc1Cl. The van der Waals surface area contributed by atoms with Gasteiger partial charge in [0.1, 0.15) is 18.5 Å². The monoisotopic (exact) mass is 532 g/mol. The first kappa shape index (κ1) is 25.6. The quantitative estimate of drug-likeness (QED) is 0.359. The molecule has 33 heavy (non-hydrogen) atoms. The molecule has 0 saturated carbocycles. The Kier molecular flexibility index (Phi) is 8.89. The van der Waals surface area contributed by atoms with E-state index < -0.39 is 15.9 Å². The highest BCUT2D eigenvalue weighted by Crippen LogP contribution is 2.37. The van der Waals surface area contributed by atoms with Crippen molar-refractivity contribution in [3.8, 4) is 11.5 Å². The number of nitrogens with zero attached hydrogens (tertiary/aromatic N) is 2. The molecule has 1 N–H and O–H groups in total. The van der Waals surface area contributed by atoms with Gasteiger partial charge in [-0.15, -0.1) is 11.6 Å². The number of ether oxygens (including phenoxy) is 2. The van der Waals surface area contributed by atoms with E-state index in [0.29, 0.717) is 24.8 Å². The van der Waals surface area contributed by atoms with Crippen LogP contribution in [0.15, 0.2) is 64.9 Å². The Morgan fingerprint density at radius 1 is 1.06 bits per heavy atom. The first-order valence-corrected chi connectivity index (χ1v) is 12.8. The number of hydrogen-bond acceptors (Lipinski definition) is 6. The summed E-state index contributed by atoms with van der Waals surface area (Å²) in [4.78, 5) is 3.90. The summed E-state index contributed by atoms with van der Waals surface area (Å²) >= 11 is 18.3. The fraction of sp³-hybridized carbons (Fsp3) is 0.318. The van der Waals surface area contributed by atoms with Crippen LogP contribution in [-0.2, 0) is 16.4 Å². The van der Waals surface area contributed by atoms with E-state index in [1.54, 1.807) is 23.3 Å². The van der Waals surface area contributed by atoms with E-state index in [9.17, 15) is 13.5 Å². The largest absolute Gasteiger partial charge is 0.491 e. The van der Waals surface area contributed by atoms with Gasteiger partial charge in [0.05, 0.1) is 39.3 Å². The van der Waals surface area contributed by atoms with Crippen LogP contribution in [0.5, 0.6) is 11.5 Å². The summed E-state index contributed by atoms with van der Waals surface area (Å²) in [5.41, 5.74) is 0. The highest BCUT2D eigenvalue weighted by atomic mass is 35.5. The smallest absolute Gasteiger partial charge is 0.206 e. The topological polar surface area (TPSA) is 90.7 Å². The molecule has 2 aromatic carbocycles. The molecule has 11 heteroatoms. The van der Waals surface area contributed by atoms with E-state index in [0.717, 1.165) is 0 Å². The van der Waals surface area contributed by atoms with Crippen LogP contribution in [0, 0.1) is 5.92 Å². The van der Waals surface area contributed by atoms with E-state index in [1.807, 2.05) is 6.92 Å². The second-order valence-electron chi connectivity index (χ2n) is 7.49.